The number of hydrogen-bond donors (Lipinski definition) is 3. The summed E-state index contributed by atoms with van der Waals surface area (Å²) in [4.78, 5) is 34.7. The molecule has 0 spiro atoms. The van der Waals surface area contributed by atoms with Crippen LogP contribution in [0.1, 0.15) is 6.92 Å². The molecular formula is C10H16ClN3O5S. The van der Waals surface area contributed by atoms with Crippen LogP contribution in [0.3, 0.4) is 0 Å². The molecule has 1 saturated heterocycles. The molecule has 2 aliphatic heterocycles. The minimum Gasteiger partial charge on any atom is -1.00 e. The van der Waals surface area contributed by atoms with Crippen LogP contribution in [0.15, 0.2) is 11.3 Å². The highest BCUT2D eigenvalue weighted by molar-refractivity contribution is 8.00. The fourth-order valence-corrected chi connectivity index (χ4v) is 3.15. The number of aliphatic carboxylic acids is 1. The summed E-state index contributed by atoms with van der Waals surface area (Å²) in [6, 6.07) is -0.653. The summed E-state index contributed by atoms with van der Waals surface area (Å²) < 4.78 is 4.79. The van der Waals surface area contributed by atoms with Gasteiger partial charge in [-0.25, -0.2) is 4.79 Å². The first-order valence-electron chi connectivity index (χ1n) is 5.22. The minimum absolute atomic E-state index is 0. The Balaban J connectivity index is 0.00000180. The molecule has 7 N–H and O–H groups in total. The number of quaternary nitrogens is 1. The van der Waals surface area contributed by atoms with Crippen LogP contribution in [0.2, 0.25) is 0 Å². The number of carboxylic acid groups (broad SMARTS) is 1. The third-order valence-electron chi connectivity index (χ3n) is 2.74. The van der Waals surface area contributed by atoms with E-state index in [0.717, 1.165) is 0 Å². The molecule has 2 heterocycles. The molecule has 8 nitrogen and oxygen atoms in total. The average molecular weight is 326 g/mol. The second kappa shape index (κ2) is 6.93. The molecule has 114 valence electrons. The van der Waals surface area contributed by atoms with Crippen LogP contribution in [-0.2, 0) is 19.1 Å². The van der Waals surface area contributed by atoms with Crippen molar-refractivity contribution in [1.82, 2.24) is 11.1 Å². The number of carboxylic acids is 1. The van der Waals surface area contributed by atoms with Gasteiger partial charge in [0.2, 0.25) is 5.91 Å². The van der Waals surface area contributed by atoms with Gasteiger partial charge >= 0.3 is 11.9 Å². The molecule has 20 heavy (non-hydrogen) atoms. The summed E-state index contributed by atoms with van der Waals surface area (Å²) in [5.41, 5.74) is 5.90. The van der Waals surface area contributed by atoms with Crippen LogP contribution < -0.4 is 24.3 Å². The van der Waals surface area contributed by atoms with Crippen molar-refractivity contribution in [2.75, 3.05) is 12.4 Å². The molecule has 1 fully saturated rings. The summed E-state index contributed by atoms with van der Waals surface area (Å²) in [6.07, 6.45) is 0. The van der Waals surface area contributed by atoms with Crippen LogP contribution in [0.5, 0.6) is 0 Å². The average Bonchev–Trinajstić information content (AvgIpc) is 2.33. The number of hydrogen-bond acceptors (Lipinski definition) is 6. The Labute approximate surface area is 125 Å². The zero-order valence-corrected chi connectivity index (χ0v) is 12.5. The summed E-state index contributed by atoms with van der Waals surface area (Å²) in [6.45, 7) is 1.13. The third kappa shape index (κ3) is 3.06. The number of carbonyl (C=O) groups is 3. The summed E-state index contributed by atoms with van der Waals surface area (Å²) >= 11 is 1.37. The normalized spacial score (nSPS) is 23.9. The molecule has 10 heteroatoms. The van der Waals surface area contributed by atoms with E-state index in [1.165, 1.54) is 23.6 Å². The first-order valence-corrected chi connectivity index (χ1v) is 6.27. The van der Waals surface area contributed by atoms with Gasteiger partial charge in [0.1, 0.15) is 23.7 Å². The molecule has 0 aromatic heterocycles. The number of nitrogens with zero attached hydrogens (tertiary/aromatic N) is 1. The largest absolute Gasteiger partial charge is 1.00 e. The Morgan fingerprint density at radius 1 is 1.55 bits per heavy atom. The van der Waals surface area contributed by atoms with Crippen molar-refractivity contribution in [3.05, 3.63) is 11.3 Å². The lowest BCUT2D eigenvalue weighted by Crippen LogP contribution is -3.00. The van der Waals surface area contributed by atoms with Crippen molar-refractivity contribution in [3.63, 3.8) is 0 Å². The highest BCUT2D eigenvalue weighted by Gasteiger charge is 2.51. The van der Waals surface area contributed by atoms with E-state index in [9.17, 15) is 14.4 Å². The molecule has 0 radical (unpaired) electrons. The highest BCUT2D eigenvalue weighted by Crippen LogP contribution is 2.39. The Morgan fingerprint density at radius 2 is 2.15 bits per heavy atom. The van der Waals surface area contributed by atoms with E-state index < -0.39 is 23.9 Å². The Hall–Kier alpha value is -1.29. The molecular weight excluding hydrogens is 310 g/mol. The van der Waals surface area contributed by atoms with E-state index in [2.05, 4.69) is 0 Å². The van der Waals surface area contributed by atoms with E-state index in [1.54, 1.807) is 0 Å². The van der Waals surface area contributed by atoms with E-state index in [4.69, 9.17) is 15.6 Å². The maximum Gasteiger partial charge on any atom is 0.352 e. The number of thioether (sulfide) groups is 1. The zero-order chi connectivity index (χ0) is 13.4. The monoisotopic (exact) mass is 325 g/mol. The standard InChI is InChI=1S/C10H12N2O5S.ClH.H3N/c1-4(13)17-2-5-3-18-9-6(11)8(14)12(9)7(5)10(15)16;;/h6,9H,2-3,11H2,1H3,(H,15,16);1H;1H3/t6-,9-;;/m1../s1. The summed E-state index contributed by atoms with van der Waals surface area (Å²) in [7, 11) is 0. The van der Waals surface area contributed by atoms with Gasteiger partial charge in [-0.3, -0.25) is 14.5 Å². The van der Waals surface area contributed by atoms with Crippen molar-refractivity contribution < 1.29 is 36.6 Å². The second-order valence-electron chi connectivity index (χ2n) is 3.97. The minimum atomic E-state index is -1.21. The van der Waals surface area contributed by atoms with Crippen molar-refractivity contribution in [3.8, 4) is 0 Å². The highest BCUT2D eigenvalue weighted by atomic mass is 35.5. The van der Waals surface area contributed by atoms with Crippen LogP contribution in [0.4, 0.5) is 0 Å². The molecule has 0 unspecified atom stereocenters. The van der Waals surface area contributed by atoms with Crippen LogP contribution >= 0.6 is 11.8 Å². The molecule has 0 bridgehead atoms. The van der Waals surface area contributed by atoms with E-state index in [-0.39, 0.29) is 36.2 Å². The van der Waals surface area contributed by atoms with E-state index in [1.807, 2.05) is 0 Å². The lowest BCUT2D eigenvalue weighted by atomic mass is 10.0. The van der Waals surface area contributed by atoms with Crippen molar-refractivity contribution >= 4 is 29.6 Å². The van der Waals surface area contributed by atoms with Gasteiger partial charge in [0.05, 0.1) is 0 Å². The first kappa shape index (κ1) is 18.7. The fourth-order valence-electron chi connectivity index (χ4n) is 1.88. The predicted molar refractivity (Wildman–Crippen MR) is 68.3 cm³/mol. The first-order chi connectivity index (χ1) is 8.43. The van der Waals surface area contributed by atoms with Gasteiger partial charge in [-0.1, -0.05) is 0 Å². The number of amides is 1. The summed E-state index contributed by atoms with van der Waals surface area (Å²) in [5, 5.41) is 8.83. The predicted octanol–water partition coefficient (Wildman–Crippen LogP) is -3.49. The van der Waals surface area contributed by atoms with Crippen LogP contribution in [-0.4, -0.2) is 51.6 Å². The zero-order valence-electron chi connectivity index (χ0n) is 11.0. The molecule has 2 aliphatic rings. The van der Waals surface area contributed by atoms with Gasteiger partial charge in [-0.15, -0.1) is 11.8 Å². The van der Waals surface area contributed by atoms with Gasteiger partial charge in [-0.05, 0) is 0 Å². The van der Waals surface area contributed by atoms with Crippen LogP contribution in [0, 0.1) is 0 Å². The molecule has 2 rings (SSSR count). The number of esters is 1. The Morgan fingerprint density at radius 3 is 2.65 bits per heavy atom. The molecule has 0 aliphatic carbocycles. The molecule has 0 aromatic carbocycles. The van der Waals surface area contributed by atoms with Gasteiger partial charge in [0.25, 0.3) is 0 Å². The topological polar surface area (TPSA) is 146 Å². The third-order valence-corrected chi connectivity index (χ3v) is 4.10. The van der Waals surface area contributed by atoms with E-state index >= 15 is 0 Å². The molecule has 2 atom stereocenters. The van der Waals surface area contributed by atoms with Crippen molar-refractivity contribution in [1.29, 1.82) is 0 Å². The number of halogens is 1. The lowest BCUT2D eigenvalue weighted by molar-refractivity contribution is -0.148. The number of ether oxygens (including phenoxy) is 1. The molecule has 1 amide bonds. The SMILES string of the molecule is CC(=O)OCC1=C(C(=O)O)N2C(=O)[C@@H](N)[C@H]2SC1.[Cl-].[NH4+]. The Bertz CT molecular complexity index is 470. The lowest BCUT2D eigenvalue weighted by Gasteiger charge is -2.47. The van der Waals surface area contributed by atoms with E-state index in [0.29, 0.717) is 11.3 Å². The molecule has 0 aromatic rings. The smallest absolute Gasteiger partial charge is 0.352 e. The maximum atomic E-state index is 11.6. The number of carbonyl (C=O) groups excluding carboxylic acids is 2. The quantitative estimate of drug-likeness (QED) is 0.360. The number of β-lactam (4-membered cyclic amide) rings is 1. The van der Waals surface area contributed by atoms with Crippen LogP contribution in [0.25, 0.3) is 0 Å². The molecule has 0 saturated carbocycles. The van der Waals surface area contributed by atoms with Gasteiger partial charge < -0.3 is 34.1 Å². The number of fused-ring (bicyclic) bond motifs is 1. The van der Waals surface area contributed by atoms with Gasteiger partial charge in [0, 0.05) is 18.2 Å². The van der Waals surface area contributed by atoms with Gasteiger partial charge in [-0.2, -0.15) is 0 Å². The number of rotatable bonds is 3. The fraction of sp³-hybridized carbons (Fsp3) is 0.500. The maximum absolute atomic E-state index is 11.6. The van der Waals surface area contributed by atoms with Crippen molar-refractivity contribution in [2.24, 2.45) is 5.73 Å². The van der Waals surface area contributed by atoms with Gasteiger partial charge in [0.15, 0.2) is 0 Å². The number of nitrogens with two attached hydrogens (primary N) is 1. The second-order valence-corrected chi connectivity index (χ2v) is 5.08. The summed E-state index contributed by atoms with van der Waals surface area (Å²) in [5.74, 6) is -1.73. The van der Waals surface area contributed by atoms with Crippen molar-refractivity contribution in [2.45, 2.75) is 18.3 Å². The Kier molecular flexibility index (Phi) is 6.48.